The summed E-state index contributed by atoms with van der Waals surface area (Å²) in [7, 11) is 0. The van der Waals surface area contributed by atoms with E-state index < -0.39 is 0 Å². The number of benzene rings is 1. The molecule has 29 heavy (non-hydrogen) atoms. The number of hydrogen-bond donors (Lipinski definition) is 1. The zero-order valence-electron chi connectivity index (χ0n) is 16.2. The lowest BCUT2D eigenvalue weighted by Gasteiger charge is -2.32. The number of anilines is 2. The Morgan fingerprint density at radius 1 is 1.10 bits per heavy atom. The van der Waals surface area contributed by atoms with Crippen LogP contribution in [0.2, 0.25) is 0 Å². The van der Waals surface area contributed by atoms with E-state index in [2.05, 4.69) is 20.4 Å². The second kappa shape index (κ2) is 8.53. The minimum absolute atomic E-state index is 0.00607. The van der Waals surface area contributed by atoms with E-state index in [0.29, 0.717) is 17.8 Å². The third-order valence-electron chi connectivity index (χ3n) is 5.10. The van der Waals surface area contributed by atoms with Crippen LogP contribution in [0.5, 0.6) is 0 Å². The van der Waals surface area contributed by atoms with E-state index in [-0.39, 0.29) is 17.6 Å². The van der Waals surface area contributed by atoms with Gasteiger partial charge in [0.25, 0.3) is 0 Å². The van der Waals surface area contributed by atoms with Gasteiger partial charge in [0.1, 0.15) is 5.69 Å². The van der Waals surface area contributed by atoms with Crippen molar-refractivity contribution < 1.29 is 9.59 Å². The van der Waals surface area contributed by atoms with Crippen LogP contribution < -0.4 is 10.2 Å². The van der Waals surface area contributed by atoms with Crippen LogP contribution in [0.1, 0.15) is 30.1 Å². The standard InChI is InChI=1S/C22H22N4O2S/c1-15(27)16-6-8-18(9-7-16)23-22(28)17-4-2-12-26(14-17)21-11-10-19(24-25-21)20-5-3-13-29-20/h3,5-11,13,17H,2,4,12,14H2,1H3,(H,23,28). The zero-order valence-corrected chi connectivity index (χ0v) is 17.0. The van der Waals surface area contributed by atoms with Crippen LogP contribution in [0.15, 0.2) is 53.9 Å². The van der Waals surface area contributed by atoms with E-state index in [1.54, 1.807) is 35.6 Å². The summed E-state index contributed by atoms with van der Waals surface area (Å²) in [4.78, 5) is 27.3. The van der Waals surface area contributed by atoms with Gasteiger partial charge in [-0.25, -0.2) is 0 Å². The number of carbonyl (C=O) groups is 2. The van der Waals surface area contributed by atoms with Gasteiger partial charge in [0.15, 0.2) is 11.6 Å². The lowest BCUT2D eigenvalue weighted by molar-refractivity contribution is -0.120. The van der Waals surface area contributed by atoms with Crippen LogP contribution in [0.4, 0.5) is 11.5 Å². The Bertz CT molecular complexity index is 985. The molecule has 1 fully saturated rings. The molecular weight excluding hydrogens is 384 g/mol. The first kappa shape index (κ1) is 19.3. The number of carbonyl (C=O) groups excluding carboxylic acids is 2. The second-order valence-corrected chi connectivity index (χ2v) is 8.11. The Hall–Kier alpha value is -3.06. The van der Waals surface area contributed by atoms with E-state index in [1.165, 1.54) is 6.92 Å². The number of rotatable bonds is 5. The average molecular weight is 407 g/mol. The van der Waals surface area contributed by atoms with Crippen molar-refractivity contribution >= 4 is 34.5 Å². The molecule has 2 aromatic heterocycles. The number of piperidine rings is 1. The Labute approximate surface area is 173 Å². The molecule has 3 aromatic rings. The van der Waals surface area contributed by atoms with Crippen molar-refractivity contribution in [2.45, 2.75) is 19.8 Å². The maximum Gasteiger partial charge on any atom is 0.229 e. The highest BCUT2D eigenvalue weighted by Gasteiger charge is 2.27. The molecular formula is C22H22N4O2S. The monoisotopic (exact) mass is 406 g/mol. The number of aromatic nitrogens is 2. The van der Waals surface area contributed by atoms with Gasteiger partial charge < -0.3 is 10.2 Å². The molecule has 0 saturated carbocycles. The molecule has 1 aliphatic heterocycles. The summed E-state index contributed by atoms with van der Waals surface area (Å²) in [6.07, 6.45) is 1.77. The molecule has 3 heterocycles. The number of thiophene rings is 1. The summed E-state index contributed by atoms with van der Waals surface area (Å²) in [5, 5.41) is 13.7. The molecule has 1 aromatic carbocycles. The lowest BCUT2D eigenvalue weighted by Crippen LogP contribution is -2.41. The lowest BCUT2D eigenvalue weighted by atomic mass is 9.97. The highest BCUT2D eigenvalue weighted by molar-refractivity contribution is 7.13. The summed E-state index contributed by atoms with van der Waals surface area (Å²) in [6.45, 7) is 3.01. The summed E-state index contributed by atoms with van der Waals surface area (Å²) in [5.41, 5.74) is 2.21. The molecule has 0 radical (unpaired) electrons. The van der Waals surface area contributed by atoms with Crippen molar-refractivity contribution in [3.63, 3.8) is 0 Å². The van der Waals surface area contributed by atoms with Crippen LogP contribution in [-0.4, -0.2) is 35.0 Å². The van der Waals surface area contributed by atoms with Crippen molar-refractivity contribution in [3.8, 4) is 10.6 Å². The number of ketones is 1. The number of hydrogen-bond acceptors (Lipinski definition) is 6. The second-order valence-electron chi connectivity index (χ2n) is 7.16. The minimum Gasteiger partial charge on any atom is -0.354 e. The van der Waals surface area contributed by atoms with Gasteiger partial charge in [-0.3, -0.25) is 9.59 Å². The first-order chi connectivity index (χ1) is 14.1. The number of amides is 1. The van der Waals surface area contributed by atoms with Crippen molar-refractivity contribution in [2.75, 3.05) is 23.3 Å². The largest absolute Gasteiger partial charge is 0.354 e. The van der Waals surface area contributed by atoms with Gasteiger partial charge in [0.2, 0.25) is 5.91 Å². The number of nitrogens with one attached hydrogen (secondary N) is 1. The van der Waals surface area contributed by atoms with Gasteiger partial charge in [-0.1, -0.05) is 6.07 Å². The fourth-order valence-corrected chi connectivity index (χ4v) is 4.17. The van der Waals surface area contributed by atoms with Crippen molar-refractivity contribution in [2.24, 2.45) is 5.92 Å². The third-order valence-corrected chi connectivity index (χ3v) is 5.99. The zero-order chi connectivity index (χ0) is 20.2. The van der Waals surface area contributed by atoms with E-state index in [1.807, 2.05) is 29.6 Å². The molecule has 1 unspecified atom stereocenters. The van der Waals surface area contributed by atoms with Crippen molar-refractivity contribution in [3.05, 3.63) is 59.5 Å². The third kappa shape index (κ3) is 4.51. The fraction of sp³-hybridized carbons (Fsp3) is 0.273. The minimum atomic E-state index is -0.116. The highest BCUT2D eigenvalue weighted by atomic mass is 32.1. The molecule has 7 heteroatoms. The summed E-state index contributed by atoms with van der Waals surface area (Å²) in [6, 6.07) is 15.0. The molecule has 148 valence electrons. The van der Waals surface area contributed by atoms with Crippen LogP contribution >= 0.6 is 11.3 Å². The Balaban J connectivity index is 1.39. The van der Waals surface area contributed by atoms with E-state index >= 15 is 0 Å². The van der Waals surface area contributed by atoms with Crippen LogP contribution in [0.3, 0.4) is 0 Å². The van der Waals surface area contributed by atoms with E-state index in [0.717, 1.165) is 35.8 Å². The fourth-order valence-electron chi connectivity index (χ4n) is 3.48. The van der Waals surface area contributed by atoms with Gasteiger partial charge in [0.05, 0.1) is 10.8 Å². The normalized spacial score (nSPS) is 16.4. The molecule has 0 aliphatic carbocycles. The van der Waals surface area contributed by atoms with Crippen molar-refractivity contribution in [1.29, 1.82) is 0 Å². The first-order valence-corrected chi connectivity index (χ1v) is 10.5. The predicted octanol–water partition coefficient (Wildman–Crippen LogP) is 4.26. The molecule has 1 N–H and O–H groups in total. The molecule has 1 atom stereocenters. The van der Waals surface area contributed by atoms with Crippen LogP contribution in [0, 0.1) is 5.92 Å². The molecule has 1 amide bonds. The average Bonchev–Trinajstić information content (AvgIpc) is 3.29. The summed E-state index contributed by atoms with van der Waals surface area (Å²) in [5.74, 6) is 0.689. The Morgan fingerprint density at radius 3 is 2.59 bits per heavy atom. The van der Waals surface area contributed by atoms with Gasteiger partial charge in [-0.2, -0.15) is 0 Å². The van der Waals surface area contributed by atoms with E-state index in [9.17, 15) is 9.59 Å². The molecule has 4 rings (SSSR count). The molecule has 1 saturated heterocycles. The Kier molecular flexibility index (Phi) is 5.67. The van der Waals surface area contributed by atoms with Gasteiger partial charge in [-0.05, 0) is 67.6 Å². The maximum atomic E-state index is 12.7. The van der Waals surface area contributed by atoms with Crippen molar-refractivity contribution in [1.82, 2.24) is 10.2 Å². The highest BCUT2D eigenvalue weighted by Crippen LogP contribution is 2.26. The number of nitrogens with zero attached hydrogens (tertiary/aromatic N) is 3. The van der Waals surface area contributed by atoms with Gasteiger partial charge in [0, 0.05) is 24.3 Å². The molecule has 0 bridgehead atoms. The molecule has 0 spiro atoms. The summed E-state index contributed by atoms with van der Waals surface area (Å²) < 4.78 is 0. The van der Waals surface area contributed by atoms with Gasteiger partial charge in [-0.15, -0.1) is 21.5 Å². The Morgan fingerprint density at radius 2 is 1.93 bits per heavy atom. The smallest absolute Gasteiger partial charge is 0.229 e. The summed E-state index contributed by atoms with van der Waals surface area (Å²) >= 11 is 1.64. The molecule has 1 aliphatic rings. The first-order valence-electron chi connectivity index (χ1n) is 9.64. The van der Waals surface area contributed by atoms with Crippen LogP contribution in [-0.2, 0) is 4.79 Å². The van der Waals surface area contributed by atoms with Crippen LogP contribution in [0.25, 0.3) is 10.6 Å². The van der Waals surface area contributed by atoms with E-state index in [4.69, 9.17) is 0 Å². The number of Topliss-reactive ketones (excluding diaryl/α,β-unsaturated/α-hetero) is 1. The quantitative estimate of drug-likeness (QED) is 0.641. The predicted molar refractivity (Wildman–Crippen MR) is 115 cm³/mol. The molecule has 6 nitrogen and oxygen atoms in total. The van der Waals surface area contributed by atoms with Gasteiger partial charge >= 0.3 is 0 Å². The SMILES string of the molecule is CC(=O)c1ccc(NC(=O)C2CCCN(c3ccc(-c4cccs4)nn3)C2)cc1. The topological polar surface area (TPSA) is 75.2 Å². The maximum absolute atomic E-state index is 12.7.